The summed E-state index contributed by atoms with van der Waals surface area (Å²) in [5.74, 6) is 0. The van der Waals surface area contributed by atoms with Crippen LogP contribution in [0.3, 0.4) is 0 Å². The lowest BCUT2D eigenvalue weighted by molar-refractivity contribution is 1.28. The molecule has 11 aromatic rings. The molecule has 0 atom stereocenters. The van der Waals surface area contributed by atoms with Crippen molar-refractivity contribution in [3.63, 3.8) is 0 Å². The maximum atomic E-state index is 9.74. The van der Waals surface area contributed by atoms with Crippen LogP contribution in [0.4, 0.5) is 17.1 Å². The number of nitrogens with zero attached hydrogens (tertiary/aromatic N) is 1. The van der Waals surface area contributed by atoms with Crippen molar-refractivity contribution in [2.45, 2.75) is 0 Å². The molecule has 11 aromatic carbocycles. The van der Waals surface area contributed by atoms with Crippen molar-refractivity contribution < 1.29 is 5.48 Å². The summed E-state index contributed by atoms with van der Waals surface area (Å²) in [6.07, 6.45) is 0. The molecular weight excluding hydrogens is 759 g/mol. The van der Waals surface area contributed by atoms with Crippen molar-refractivity contribution >= 4 is 38.6 Å². The maximum Gasteiger partial charge on any atom is 0.0645 e. The van der Waals surface area contributed by atoms with E-state index in [2.05, 4.69) is 140 Å². The van der Waals surface area contributed by atoms with Crippen LogP contribution < -0.4 is 4.90 Å². The van der Waals surface area contributed by atoms with Gasteiger partial charge < -0.3 is 4.90 Å². The summed E-state index contributed by atoms with van der Waals surface area (Å²) in [5.41, 5.74) is 12.9. The minimum Gasteiger partial charge on any atom is -0.311 e. The second kappa shape index (κ2) is 16.7. The first-order valence-electron chi connectivity index (χ1n) is 23.3. The van der Waals surface area contributed by atoms with Gasteiger partial charge >= 0.3 is 0 Å². The summed E-state index contributed by atoms with van der Waals surface area (Å²) in [7, 11) is 0. The minimum atomic E-state index is -0.132. The molecule has 0 fully saturated rings. The third-order valence-corrected chi connectivity index (χ3v) is 11.9. The van der Waals surface area contributed by atoms with E-state index in [-0.39, 0.29) is 35.4 Å². The highest BCUT2D eigenvalue weighted by atomic mass is 15.1. The van der Waals surface area contributed by atoms with E-state index in [1.54, 1.807) is 0 Å². The van der Waals surface area contributed by atoms with Gasteiger partial charge in [-0.3, -0.25) is 0 Å². The number of fused-ring (bicyclic) bond motifs is 2. The predicted octanol–water partition coefficient (Wildman–Crippen LogP) is 17.5. The molecule has 0 radical (unpaired) electrons. The van der Waals surface area contributed by atoms with E-state index in [0.29, 0.717) is 16.9 Å². The Bertz CT molecular complexity index is 3560. The Morgan fingerprint density at radius 1 is 0.254 bits per heavy atom. The zero-order valence-electron chi connectivity index (χ0n) is 38.5. The summed E-state index contributed by atoms with van der Waals surface area (Å²) in [6, 6.07) is 80.1. The third kappa shape index (κ3) is 7.47. The molecule has 0 spiro atoms. The van der Waals surface area contributed by atoms with Crippen LogP contribution in [-0.4, -0.2) is 0 Å². The molecule has 0 amide bonds. The van der Waals surface area contributed by atoms with E-state index in [1.165, 1.54) is 5.39 Å². The molecule has 0 aliphatic carbocycles. The molecule has 1 nitrogen and oxygen atoms in total. The normalized spacial score (nSPS) is 12.1. The van der Waals surface area contributed by atoms with Crippen LogP contribution in [0.1, 0.15) is 5.48 Å². The number of hydrogen-bond acceptors (Lipinski definition) is 1. The summed E-state index contributed by atoms with van der Waals surface area (Å²) in [5, 5.41) is 4.65. The van der Waals surface area contributed by atoms with Crippen LogP contribution >= 0.6 is 0 Å². The van der Waals surface area contributed by atoms with Crippen molar-refractivity contribution in [3.05, 3.63) is 261 Å². The van der Waals surface area contributed by atoms with Gasteiger partial charge in [-0.15, -0.1) is 0 Å². The number of anilines is 3. The molecule has 0 unspecified atom stereocenters. The fourth-order valence-corrected chi connectivity index (χ4v) is 8.78. The fraction of sp³-hybridized carbons (Fsp3) is 0. The first-order valence-corrected chi connectivity index (χ1v) is 21.3. The summed E-state index contributed by atoms with van der Waals surface area (Å²) in [4.78, 5) is 1.87. The van der Waals surface area contributed by atoms with E-state index < -0.39 is 0 Å². The summed E-state index contributed by atoms with van der Waals surface area (Å²) < 4.78 is 38.8. The molecule has 0 aliphatic heterocycles. The van der Waals surface area contributed by atoms with Gasteiger partial charge in [0.2, 0.25) is 0 Å². The summed E-state index contributed by atoms with van der Waals surface area (Å²) in [6.45, 7) is 0. The van der Waals surface area contributed by atoms with Crippen LogP contribution in [0.2, 0.25) is 0 Å². The van der Waals surface area contributed by atoms with Gasteiger partial charge in [0.05, 0.1) is 5.48 Å². The molecule has 0 bridgehead atoms. The second-order valence-electron chi connectivity index (χ2n) is 15.8. The number of hydrogen-bond donors (Lipinski definition) is 0. The molecule has 0 aliphatic rings. The molecule has 0 N–H and O–H groups in total. The lowest BCUT2D eigenvalue weighted by Crippen LogP contribution is -2.09. The molecule has 0 saturated heterocycles. The maximum absolute atomic E-state index is 9.74. The van der Waals surface area contributed by atoms with E-state index >= 15 is 0 Å². The van der Waals surface area contributed by atoms with Crippen molar-refractivity contribution in [2.75, 3.05) is 4.90 Å². The van der Waals surface area contributed by atoms with Gasteiger partial charge in [0, 0.05) is 17.1 Å². The zero-order valence-corrected chi connectivity index (χ0v) is 34.5. The lowest BCUT2D eigenvalue weighted by atomic mass is 9.90. The van der Waals surface area contributed by atoms with Gasteiger partial charge in [-0.25, -0.2) is 0 Å². The first kappa shape index (κ1) is 33.5. The smallest absolute Gasteiger partial charge is 0.0645 e. The molecule has 1 heteroatoms. The molecular formula is C62H43N. The number of rotatable bonds is 9. The van der Waals surface area contributed by atoms with Gasteiger partial charge in [0.15, 0.2) is 0 Å². The highest BCUT2D eigenvalue weighted by molar-refractivity contribution is 6.04. The van der Waals surface area contributed by atoms with Crippen LogP contribution in [0, 0.1) is 0 Å². The monoisotopic (exact) mass is 805 g/mol. The predicted molar refractivity (Wildman–Crippen MR) is 269 cm³/mol. The second-order valence-corrected chi connectivity index (χ2v) is 15.8. The van der Waals surface area contributed by atoms with E-state index in [9.17, 15) is 5.48 Å². The Balaban J connectivity index is 1.06. The molecule has 296 valence electrons. The van der Waals surface area contributed by atoms with Crippen molar-refractivity contribution in [1.82, 2.24) is 0 Å². The topological polar surface area (TPSA) is 3.24 Å². The molecule has 0 saturated carbocycles. The zero-order chi connectivity index (χ0) is 45.4. The molecule has 0 aromatic heterocycles. The van der Waals surface area contributed by atoms with E-state index in [0.717, 1.165) is 71.8 Å². The first-order chi connectivity index (χ1) is 32.9. The van der Waals surface area contributed by atoms with Gasteiger partial charge in [-0.2, -0.15) is 0 Å². The number of benzene rings is 11. The van der Waals surface area contributed by atoms with Gasteiger partial charge in [-0.05, 0) is 137 Å². The highest BCUT2D eigenvalue weighted by Crippen LogP contribution is 2.42. The van der Waals surface area contributed by atoms with Crippen LogP contribution in [0.5, 0.6) is 0 Å². The fourth-order valence-electron chi connectivity index (χ4n) is 8.78. The third-order valence-electron chi connectivity index (χ3n) is 11.9. The average molecular weight is 806 g/mol. The molecule has 0 heterocycles. The Hall–Kier alpha value is -8.26. The van der Waals surface area contributed by atoms with E-state index in [4.69, 9.17) is 0 Å². The minimum absolute atomic E-state index is 0.111. The SMILES string of the molecule is [2H]c1c([2H])c(N(c2ccc(-c3ccc4ccccc4c3)cc2)c2ccc(-c3ccc4ccccc4c3-c3ccccc3)cc2)c([2H])c([2H])c1-c1ccc(-c2ccccc2)c(-c2ccccc2)c1. The quantitative estimate of drug-likeness (QED) is 0.140. The van der Waals surface area contributed by atoms with Crippen LogP contribution in [0.25, 0.3) is 88.3 Å². The van der Waals surface area contributed by atoms with Crippen molar-refractivity contribution in [3.8, 4) is 66.8 Å². The summed E-state index contributed by atoms with van der Waals surface area (Å²) >= 11 is 0. The molecule has 11 rings (SSSR count). The lowest BCUT2D eigenvalue weighted by Gasteiger charge is -2.26. The van der Waals surface area contributed by atoms with Crippen LogP contribution in [0.15, 0.2) is 261 Å². The van der Waals surface area contributed by atoms with Gasteiger partial charge in [0.1, 0.15) is 0 Å². The average Bonchev–Trinajstić information content (AvgIpc) is 3.40. The Labute approximate surface area is 375 Å². The Kier molecular flexibility index (Phi) is 8.84. The van der Waals surface area contributed by atoms with Crippen molar-refractivity contribution in [2.24, 2.45) is 0 Å². The Morgan fingerprint density at radius 3 is 1.38 bits per heavy atom. The van der Waals surface area contributed by atoms with Crippen molar-refractivity contribution in [1.29, 1.82) is 0 Å². The van der Waals surface area contributed by atoms with Gasteiger partial charge in [-0.1, -0.05) is 212 Å². The van der Waals surface area contributed by atoms with Gasteiger partial charge in [0.25, 0.3) is 0 Å². The highest BCUT2D eigenvalue weighted by Gasteiger charge is 2.17. The largest absolute Gasteiger partial charge is 0.311 e. The van der Waals surface area contributed by atoms with E-state index in [1.807, 2.05) is 102 Å². The van der Waals surface area contributed by atoms with Crippen LogP contribution in [-0.2, 0) is 0 Å². The Morgan fingerprint density at radius 2 is 0.714 bits per heavy atom. The standard InChI is InChI=1S/C62H43N/c1-4-15-47(16-5-1)58-40-33-54(43-61(58)48-17-6-2-7-18-48)46-28-36-56(37-29-46)63(55-34-26-45(27-35-55)53-25-24-44-14-10-11-22-52(44)42-53)57-38-30-50(31-39-57)60-41-32-49-19-12-13-23-59(49)62(60)51-20-8-3-9-21-51/h1-43H/i28D,29D,36D,37D. The molecule has 63 heavy (non-hydrogen) atoms.